The molecule has 0 unspecified atom stereocenters. The minimum Gasteiger partial charge on any atom is -0.507 e. The zero-order valence-corrected chi connectivity index (χ0v) is 13.0. The van der Waals surface area contributed by atoms with Crippen LogP contribution in [0, 0.1) is 13.8 Å². The summed E-state index contributed by atoms with van der Waals surface area (Å²) in [6, 6.07) is 16.3. The Balaban J connectivity index is 2.26. The monoisotopic (exact) mass is 326 g/mol. The maximum absolute atomic E-state index is 10.2. The topological polar surface area (TPSA) is 20.2 Å². The molecule has 0 heterocycles. The third-order valence-electron chi connectivity index (χ3n) is 3.52. The lowest BCUT2D eigenvalue weighted by Gasteiger charge is -2.10. The van der Waals surface area contributed by atoms with Crippen LogP contribution >= 0.6 is 15.9 Å². The van der Waals surface area contributed by atoms with Crippen molar-refractivity contribution in [2.24, 2.45) is 0 Å². The number of aryl methyl sites for hydroxylation is 2. The van der Waals surface area contributed by atoms with Crippen molar-refractivity contribution in [3.63, 3.8) is 0 Å². The summed E-state index contributed by atoms with van der Waals surface area (Å²) in [5.41, 5.74) is 4.51. The molecule has 3 aromatic rings. The highest BCUT2D eigenvalue weighted by atomic mass is 79.9. The van der Waals surface area contributed by atoms with Crippen LogP contribution < -0.4 is 0 Å². The first-order valence-corrected chi connectivity index (χ1v) is 7.34. The zero-order valence-electron chi connectivity index (χ0n) is 11.4. The van der Waals surface area contributed by atoms with Crippen molar-refractivity contribution in [3.05, 3.63) is 64.1 Å². The van der Waals surface area contributed by atoms with E-state index in [0.29, 0.717) is 5.75 Å². The van der Waals surface area contributed by atoms with Crippen LogP contribution in [-0.4, -0.2) is 5.11 Å². The van der Waals surface area contributed by atoms with E-state index >= 15 is 0 Å². The first kappa shape index (κ1) is 13.2. The van der Waals surface area contributed by atoms with Gasteiger partial charge in [-0.1, -0.05) is 51.8 Å². The molecule has 0 aliphatic carbocycles. The molecular formula is C18H15BrO. The van der Waals surface area contributed by atoms with E-state index in [1.807, 2.05) is 18.2 Å². The minimum atomic E-state index is 0.324. The normalized spacial score (nSPS) is 10.9. The third-order valence-corrected chi connectivity index (χ3v) is 4.18. The van der Waals surface area contributed by atoms with Crippen LogP contribution in [0.15, 0.2) is 53.0 Å². The first-order chi connectivity index (χ1) is 9.54. The number of benzene rings is 3. The average molecular weight is 327 g/mol. The quantitative estimate of drug-likeness (QED) is 0.617. The number of phenols is 1. The van der Waals surface area contributed by atoms with Crippen molar-refractivity contribution in [1.29, 1.82) is 0 Å². The largest absolute Gasteiger partial charge is 0.507 e. The molecule has 0 saturated heterocycles. The van der Waals surface area contributed by atoms with E-state index in [1.165, 1.54) is 11.1 Å². The Kier molecular flexibility index (Phi) is 3.27. The van der Waals surface area contributed by atoms with Crippen LogP contribution in [-0.2, 0) is 0 Å². The summed E-state index contributed by atoms with van der Waals surface area (Å²) >= 11 is 3.61. The van der Waals surface area contributed by atoms with Gasteiger partial charge in [-0.3, -0.25) is 0 Å². The third kappa shape index (κ3) is 2.32. The molecule has 0 aromatic heterocycles. The molecule has 0 amide bonds. The van der Waals surface area contributed by atoms with Gasteiger partial charge in [0.2, 0.25) is 0 Å². The number of rotatable bonds is 1. The van der Waals surface area contributed by atoms with Gasteiger partial charge >= 0.3 is 0 Å². The van der Waals surface area contributed by atoms with Crippen molar-refractivity contribution < 1.29 is 5.11 Å². The molecule has 1 N–H and O–H groups in total. The molecule has 0 atom stereocenters. The fourth-order valence-corrected chi connectivity index (χ4v) is 3.20. The predicted molar refractivity (Wildman–Crippen MR) is 88.2 cm³/mol. The molecule has 0 aliphatic heterocycles. The van der Waals surface area contributed by atoms with Gasteiger partial charge in [0.25, 0.3) is 0 Å². The van der Waals surface area contributed by atoms with E-state index in [9.17, 15) is 5.11 Å². The van der Waals surface area contributed by atoms with Crippen molar-refractivity contribution in [2.45, 2.75) is 13.8 Å². The lowest BCUT2D eigenvalue weighted by Crippen LogP contribution is -1.84. The summed E-state index contributed by atoms with van der Waals surface area (Å²) in [6.07, 6.45) is 0. The van der Waals surface area contributed by atoms with Crippen molar-refractivity contribution in [3.8, 4) is 16.9 Å². The molecule has 0 fully saturated rings. The Hall–Kier alpha value is -1.80. The van der Waals surface area contributed by atoms with E-state index in [0.717, 1.165) is 26.4 Å². The summed E-state index contributed by atoms with van der Waals surface area (Å²) in [7, 11) is 0. The van der Waals surface area contributed by atoms with Gasteiger partial charge < -0.3 is 5.11 Å². The van der Waals surface area contributed by atoms with Gasteiger partial charge in [0.15, 0.2) is 0 Å². The van der Waals surface area contributed by atoms with E-state index in [2.05, 4.69) is 60.1 Å². The zero-order chi connectivity index (χ0) is 14.3. The number of fused-ring (bicyclic) bond motifs is 1. The summed E-state index contributed by atoms with van der Waals surface area (Å²) in [4.78, 5) is 0. The first-order valence-electron chi connectivity index (χ1n) is 6.54. The smallest absolute Gasteiger partial charge is 0.124 e. The second-order valence-corrected chi connectivity index (χ2v) is 6.06. The van der Waals surface area contributed by atoms with Gasteiger partial charge in [-0.15, -0.1) is 0 Å². The van der Waals surface area contributed by atoms with E-state index in [-0.39, 0.29) is 0 Å². The van der Waals surface area contributed by atoms with E-state index < -0.39 is 0 Å². The molecule has 0 radical (unpaired) electrons. The molecule has 3 aromatic carbocycles. The Labute approximate surface area is 127 Å². The SMILES string of the molecule is Cc1ccc(-c2cc(O)c3ccc(C)cc3c2)c(Br)c1. The lowest BCUT2D eigenvalue weighted by molar-refractivity contribution is 0.482. The second kappa shape index (κ2) is 4.95. The molecule has 0 spiro atoms. The Morgan fingerprint density at radius 3 is 2.30 bits per heavy atom. The van der Waals surface area contributed by atoms with Crippen LogP contribution in [0.4, 0.5) is 0 Å². The fourth-order valence-electron chi connectivity index (χ4n) is 2.48. The van der Waals surface area contributed by atoms with Gasteiger partial charge in [-0.2, -0.15) is 0 Å². The molecule has 100 valence electrons. The molecule has 0 bridgehead atoms. The Bertz CT molecular complexity index is 806. The lowest BCUT2D eigenvalue weighted by atomic mass is 9.98. The molecule has 3 rings (SSSR count). The molecule has 0 aliphatic rings. The predicted octanol–water partition coefficient (Wildman–Crippen LogP) is 5.59. The summed E-state index contributed by atoms with van der Waals surface area (Å²) in [6.45, 7) is 4.13. The standard InChI is InChI=1S/C18H15BrO/c1-11-4-6-16-13(7-11)9-14(10-18(16)20)15-5-3-12(2)8-17(15)19/h3-10,20H,1-2H3. The maximum atomic E-state index is 10.2. The highest BCUT2D eigenvalue weighted by Crippen LogP contribution is 2.35. The maximum Gasteiger partial charge on any atom is 0.124 e. The van der Waals surface area contributed by atoms with Gasteiger partial charge in [0.1, 0.15) is 5.75 Å². The molecule has 0 saturated carbocycles. The molecule has 2 heteroatoms. The summed E-state index contributed by atoms with van der Waals surface area (Å²) in [5.74, 6) is 0.324. The second-order valence-electron chi connectivity index (χ2n) is 5.20. The van der Waals surface area contributed by atoms with Crippen molar-refractivity contribution in [2.75, 3.05) is 0 Å². The highest BCUT2D eigenvalue weighted by molar-refractivity contribution is 9.10. The number of phenolic OH excluding ortho intramolecular Hbond substituents is 1. The van der Waals surface area contributed by atoms with Crippen LogP contribution in [0.25, 0.3) is 21.9 Å². The van der Waals surface area contributed by atoms with Crippen molar-refractivity contribution in [1.82, 2.24) is 0 Å². The Morgan fingerprint density at radius 1 is 0.850 bits per heavy atom. The van der Waals surface area contributed by atoms with Gasteiger partial charge in [-0.05, 0) is 54.1 Å². The fraction of sp³-hybridized carbons (Fsp3) is 0.111. The molecule has 20 heavy (non-hydrogen) atoms. The van der Waals surface area contributed by atoms with Gasteiger partial charge in [0.05, 0.1) is 0 Å². The number of hydrogen-bond donors (Lipinski definition) is 1. The van der Waals surface area contributed by atoms with Crippen LogP contribution in [0.3, 0.4) is 0 Å². The van der Waals surface area contributed by atoms with Crippen LogP contribution in [0.5, 0.6) is 5.75 Å². The Morgan fingerprint density at radius 2 is 1.55 bits per heavy atom. The minimum absolute atomic E-state index is 0.324. The average Bonchev–Trinajstić information content (AvgIpc) is 2.37. The molecule has 1 nitrogen and oxygen atoms in total. The number of halogens is 1. The summed E-state index contributed by atoms with van der Waals surface area (Å²) < 4.78 is 1.05. The van der Waals surface area contributed by atoms with Crippen molar-refractivity contribution >= 4 is 26.7 Å². The van der Waals surface area contributed by atoms with Gasteiger partial charge in [-0.25, -0.2) is 0 Å². The molecular weight excluding hydrogens is 312 g/mol. The van der Waals surface area contributed by atoms with E-state index in [4.69, 9.17) is 0 Å². The number of hydrogen-bond acceptors (Lipinski definition) is 1. The number of aromatic hydroxyl groups is 1. The van der Waals surface area contributed by atoms with Gasteiger partial charge in [0, 0.05) is 9.86 Å². The van der Waals surface area contributed by atoms with Crippen LogP contribution in [0.2, 0.25) is 0 Å². The van der Waals surface area contributed by atoms with E-state index in [1.54, 1.807) is 0 Å². The highest BCUT2D eigenvalue weighted by Gasteiger charge is 2.08. The van der Waals surface area contributed by atoms with Crippen LogP contribution in [0.1, 0.15) is 11.1 Å². The summed E-state index contributed by atoms with van der Waals surface area (Å²) in [5, 5.41) is 12.2.